The summed E-state index contributed by atoms with van der Waals surface area (Å²) in [5.74, 6) is 0.975. The van der Waals surface area contributed by atoms with Crippen molar-refractivity contribution in [3.8, 4) is 0 Å². The number of likely N-dealkylation sites (tertiary alicyclic amines) is 2. The molecule has 0 aromatic heterocycles. The number of hydrogen-bond acceptors (Lipinski definition) is 3. The third-order valence-electron chi connectivity index (χ3n) is 5.95. The van der Waals surface area contributed by atoms with E-state index in [2.05, 4.69) is 23.8 Å². The van der Waals surface area contributed by atoms with Crippen LogP contribution in [-0.2, 0) is 0 Å². The minimum atomic E-state index is 0.280. The first kappa shape index (κ1) is 12.9. The average Bonchev–Trinajstić information content (AvgIpc) is 2.95. The first-order chi connectivity index (χ1) is 8.66. The van der Waals surface area contributed by atoms with Crippen molar-refractivity contribution in [3.05, 3.63) is 0 Å². The number of nitrogens with two attached hydrogens (primary N) is 1. The summed E-state index contributed by atoms with van der Waals surface area (Å²) in [4.78, 5) is 5.35. The molecule has 4 unspecified atom stereocenters. The first-order valence-corrected chi connectivity index (χ1v) is 7.83. The van der Waals surface area contributed by atoms with Crippen LogP contribution in [0.25, 0.3) is 0 Å². The van der Waals surface area contributed by atoms with E-state index >= 15 is 0 Å². The Morgan fingerprint density at radius 2 is 2.00 bits per heavy atom. The highest BCUT2D eigenvalue weighted by atomic mass is 15.3. The fourth-order valence-electron chi connectivity index (χ4n) is 4.91. The fourth-order valence-corrected chi connectivity index (χ4v) is 4.91. The summed E-state index contributed by atoms with van der Waals surface area (Å²) in [5, 5.41) is 0. The molecule has 0 spiro atoms. The molecule has 1 aliphatic carbocycles. The molecular weight excluding hydrogens is 222 g/mol. The summed E-state index contributed by atoms with van der Waals surface area (Å²) in [5.41, 5.74) is 6.52. The van der Waals surface area contributed by atoms with Gasteiger partial charge in [0.1, 0.15) is 0 Å². The van der Waals surface area contributed by atoms with Crippen molar-refractivity contribution in [1.29, 1.82) is 0 Å². The van der Waals surface area contributed by atoms with E-state index in [0.29, 0.717) is 6.04 Å². The van der Waals surface area contributed by atoms with E-state index in [1.54, 1.807) is 0 Å². The molecule has 3 aliphatic rings. The Hall–Kier alpha value is -0.120. The Balaban J connectivity index is 1.82. The number of nitrogens with zero attached hydrogens (tertiary/aromatic N) is 2. The zero-order chi connectivity index (χ0) is 12.8. The lowest BCUT2D eigenvalue weighted by Gasteiger charge is -2.49. The van der Waals surface area contributed by atoms with E-state index < -0.39 is 0 Å². The molecule has 2 saturated heterocycles. The van der Waals surface area contributed by atoms with Gasteiger partial charge in [-0.1, -0.05) is 6.42 Å². The van der Waals surface area contributed by atoms with Gasteiger partial charge in [-0.2, -0.15) is 0 Å². The summed E-state index contributed by atoms with van der Waals surface area (Å²) >= 11 is 0. The van der Waals surface area contributed by atoms with Gasteiger partial charge in [0, 0.05) is 30.7 Å². The molecule has 18 heavy (non-hydrogen) atoms. The second-order valence-electron chi connectivity index (χ2n) is 6.99. The van der Waals surface area contributed by atoms with E-state index in [-0.39, 0.29) is 5.54 Å². The molecule has 2 heterocycles. The summed E-state index contributed by atoms with van der Waals surface area (Å²) in [6.07, 6.45) is 8.45. The van der Waals surface area contributed by atoms with Crippen LogP contribution in [0, 0.1) is 5.92 Å². The van der Waals surface area contributed by atoms with Crippen molar-refractivity contribution < 1.29 is 0 Å². The van der Waals surface area contributed by atoms with Crippen LogP contribution in [0.2, 0.25) is 0 Å². The summed E-state index contributed by atoms with van der Waals surface area (Å²) in [6, 6.07) is 1.54. The lowest BCUT2D eigenvalue weighted by molar-refractivity contribution is 0.00947. The van der Waals surface area contributed by atoms with Gasteiger partial charge in [-0.15, -0.1) is 0 Å². The maximum Gasteiger partial charge on any atom is 0.0476 e. The van der Waals surface area contributed by atoms with Gasteiger partial charge < -0.3 is 10.6 Å². The Kier molecular flexibility index (Phi) is 3.41. The number of fused-ring (bicyclic) bond motifs is 1. The SMILES string of the molecule is CC1CC(CN)(N2CCCC3CCCC32)CN1C. The molecule has 0 aromatic rings. The third-order valence-corrected chi connectivity index (χ3v) is 5.95. The zero-order valence-corrected chi connectivity index (χ0v) is 12.1. The monoisotopic (exact) mass is 251 g/mol. The van der Waals surface area contributed by atoms with E-state index in [1.807, 2.05) is 0 Å². The van der Waals surface area contributed by atoms with Crippen molar-refractivity contribution >= 4 is 0 Å². The minimum Gasteiger partial charge on any atom is -0.329 e. The van der Waals surface area contributed by atoms with Crippen molar-refractivity contribution in [2.45, 2.75) is 63.1 Å². The lowest BCUT2D eigenvalue weighted by Crippen LogP contribution is -2.61. The largest absolute Gasteiger partial charge is 0.329 e. The van der Waals surface area contributed by atoms with Crippen LogP contribution in [-0.4, -0.2) is 54.1 Å². The molecule has 2 N–H and O–H groups in total. The van der Waals surface area contributed by atoms with Gasteiger partial charge in [-0.3, -0.25) is 4.90 Å². The molecule has 4 atom stereocenters. The maximum atomic E-state index is 6.24. The van der Waals surface area contributed by atoms with E-state index in [4.69, 9.17) is 5.73 Å². The minimum absolute atomic E-state index is 0.280. The van der Waals surface area contributed by atoms with Crippen molar-refractivity contribution in [2.24, 2.45) is 11.7 Å². The normalized spacial score (nSPS) is 46.5. The maximum absolute atomic E-state index is 6.24. The molecule has 2 aliphatic heterocycles. The summed E-state index contributed by atoms with van der Waals surface area (Å²) in [6.45, 7) is 5.66. The summed E-state index contributed by atoms with van der Waals surface area (Å²) in [7, 11) is 2.26. The summed E-state index contributed by atoms with van der Waals surface area (Å²) < 4.78 is 0. The van der Waals surface area contributed by atoms with Crippen molar-refractivity contribution in [2.75, 3.05) is 26.7 Å². The molecular formula is C15H29N3. The van der Waals surface area contributed by atoms with Crippen LogP contribution in [0.3, 0.4) is 0 Å². The smallest absolute Gasteiger partial charge is 0.0476 e. The lowest BCUT2D eigenvalue weighted by atomic mass is 9.84. The van der Waals surface area contributed by atoms with Crippen LogP contribution >= 0.6 is 0 Å². The molecule has 3 fully saturated rings. The van der Waals surface area contributed by atoms with E-state index in [0.717, 1.165) is 18.5 Å². The fraction of sp³-hybridized carbons (Fsp3) is 1.00. The van der Waals surface area contributed by atoms with Gasteiger partial charge in [0.05, 0.1) is 0 Å². The predicted octanol–water partition coefficient (Wildman–Crippen LogP) is 1.67. The molecule has 0 aromatic carbocycles. The highest BCUT2D eigenvalue weighted by molar-refractivity contribution is 5.06. The molecule has 0 bridgehead atoms. The van der Waals surface area contributed by atoms with Crippen LogP contribution < -0.4 is 5.73 Å². The Morgan fingerprint density at radius 1 is 1.22 bits per heavy atom. The second kappa shape index (κ2) is 4.77. The molecule has 1 saturated carbocycles. The number of rotatable bonds is 2. The molecule has 3 nitrogen and oxygen atoms in total. The standard InChI is InChI=1S/C15H29N3/c1-12-9-15(10-16,11-17(12)2)18-8-4-6-13-5-3-7-14(13)18/h12-14H,3-11,16H2,1-2H3. The Labute approximate surface area is 112 Å². The van der Waals surface area contributed by atoms with Gasteiger partial charge in [0.25, 0.3) is 0 Å². The number of likely N-dealkylation sites (N-methyl/N-ethyl adjacent to an activating group) is 1. The van der Waals surface area contributed by atoms with Gasteiger partial charge >= 0.3 is 0 Å². The molecule has 0 radical (unpaired) electrons. The topological polar surface area (TPSA) is 32.5 Å². The van der Waals surface area contributed by atoms with Gasteiger partial charge in [-0.25, -0.2) is 0 Å². The van der Waals surface area contributed by atoms with Crippen LogP contribution in [0.15, 0.2) is 0 Å². The molecule has 104 valence electrons. The predicted molar refractivity (Wildman–Crippen MR) is 75.6 cm³/mol. The van der Waals surface area contributed by atoms with Crippen LogP contribution in [0.1, 0.15) is 45.4 Å². The highest BCUT2D eigenvalue weighted by Crippen LogP contribution is 2.43. The van der Waals surface area contributed by atoms with Crippen LogP contribution in [0.4, 0.5) is 0 Å². The molecule has 3 rings (SSSR count). The number of hydrogen-bond donors (Lipinski definition) is 1. The van der Waals surface area contributed by atoms with Crippen LogP contribution in [0.5, 0.6) is 0 Å². The first-order valence-electron chi connectivity index (χ1n) is 7.83. The average molecular weight is 251 g/mol. The zero-order valence-electron chi connectivity index (χ0n) is 12.1. The van der Waals surface area contributed by atoms with Gasteiger partial charge in [0.2, 0.25) is 0 Å². The van der Waals surface area contributed by atoms with Gasteiger partial charge in [-0.05, 0) is 58.5 Å². The molecule has 0 amide bonds. The number of piperidine rings is 1. The van der Waals surface area contributed by atoms with Gasteiger partial charge in [0.15, 0.2) is 0 Å². The van der Waals surface area contributed by atoms with Crippen molar-refractivity contribution in [1.82, 2.24) is 9.80 Å². The third kappa shape index (κ3) is 1.91. The molecule has 3 heteroatoms. The highest BCUT2D eigenvalue weighted by Gasteiger charge is 2.49. The second-order valence-corrected chi connectivity index (χ2v) is 6.99. The Bertz CT molecular complexity index is 294. The van der Waals surface area contributed by atoms with E-state index in [1.165, 1.54) is 51.6 Å². The van der Waals surface area contributed by atoms with Crippen molar-refractivity contribution in [3.63, 3.8) is 0 Å². The van der Waals surface area contributed by atoms with E-state index in [9.17, 15) is 0 Å². The quantitative estimate of drug-likeness (QED) is 0.810. The Morgan fingerprint density at radius 3 is 2.67 bits per heavy atom.